The molecule has 0 radical (unpaired) electrons. The molecular weight excluding hydrogens is 219 g/mol. The summed E-state index contributed by atoms with van der Waals surface area (Å²) in [6.07, 6.45) is 0.506. The third-order valence-corrected chi connectivity index (χ3v) is 3.88. The van der Waals surface area contributed by atoms with Crippen molar-refractivity contribution >= 4 is 11.8 Å². The standard InChI is InChI=1S/C9H11FN2O2S/c10-6-7(14)5(4-13)15-8(6)9-11-2-1-3-12-9/h1-3,5-8,13-14H,4H2/t5-,6-,7-,8-/m1/s1. The largest absolute Gasteiger partial charge is 0.395 e. The predicted molar refractivity (Wildman–Crippen MR) is 54.1 cm³/mol. The average molecular weight is 230 g/mol. The average Bonchev–Trinajstić information content (AvgIpc) is 2.57. The molecule has 2 N–H and O–H groups in total. The number of alkyl halides is 1. The van der Waals surface area contributed by atoms with E-state index in [0.717, 1.165) is 0 Å². The maximum absolute atomic E-state index is 13.6. The second-order valence-electron chi connectivity index (χ2n) is 3.32. The van der Waals surface area contributed by atoms with Crippen LogP contribution in [0.25, 0.3) is 0 Å². The van der Waals surface area contributed by atoms with Gasteiger partial charge in [0.05, 0.1) is 17.1 Å². The summed E-state index contributed by atoms with van der Waals surface area (Å²) < 4.78 is 13.6. The molecule has 4 nitrogen and oxygen atoms in total. The molecule has 1 aliphatic heterocycles. The van der Waals surface area contributed by atoms with E-state index >= 15 is 0 Å². The molecule has 6 heteroatoms. The van der Waals surface area contributed by atoms with Crippen molar-refractivity contribution < 1.29 is 14.6 Å². The zero-order valence-corrected chi connectivity index (χ0v) is 8.64. The Kier molecular flexibility index (Phi) is 3.18. The normalized spacial score (nSPS) is 35.7. The second kappa shape index (κ2) is 4.42. The van der Waals surface area contributed by atoms with Gasteiger partial charge in [0.15, 0.2) is 0 Å². The van der Waals surface area contributed by atoms with Crippen LogP contribution in [0.4, 0.5) is 4.39 Å². The summed E-state index contributed by atoms with van der Waals surface area (Å²) in [4.78, 5) is 7.90. The van der Waals surface area contributed by atoms with Gasteiger partial charge in [0.25, 0.3) is 0 Å². The molecule has 0 amide bonds. The van der Waals surface area contributed by atoms with Gasteiger partial charge in [-0.2, -0.15) is 0 Å². The van der Waals surface area contributed by atoms with Crippen molar-refractivity contribution in [3.8, 4) is 0 Å². The van der Waals surface area contributed by atoms with Crippen molar-refractivity contribution in [3.63, 3.8) is 0 Å². The summed E-state index contributed by atoms with van der Waals surface area (Å²) in [5.41, 5.74) is 0. The monoisotopic (exact) mass is 230 g/mol. The molecule has 4 atom stereocenters. The lowest BCUT2D eigenvalue weighted by Crippen LogP contribution is -2.29. The SMILES string of the molecule is OC[C@H]1S[C@@H](c2ncccn2)[C@H](F)[C@@H]1O. The molecule has 0 aliphatic carbocycles. The molecule has 1 aliphatic rings. The van der Waals surface area contributed by atoms with Crippen molar-refractivity contribution in [1.82, 2.24) is 9.97 Å². The maximum Gasteiger partial charge on any atom is 0.146 e. The van der Waals surface area contributed by atoms with Crippen LogP contribution in [0.5, 0.6) is 0 Å². The van der Waals surface area contributed by atoms with Gasteiger partial charge in [-0.1, -0.05) is 0 Å². The fraction of sp³-hybridized carbons (Fsp3) is 0.556. The number of aliphatic hydroxyl groups excluding tert-OH is 2. The van der Waals surface area contributed by atoms with E-state index < -0.39 is 22.8 Å². The molecule has 2 heterocycles. The lowest BCUT2D eigenvalue weighted by molar-refractivity contribution is 0.0707. The van der Waals surface area contributed by atoms with E-state index in [-0.39, 0.29) is 6.61 Å². The van der Waals surface area contributed by atoms with Crippen molar-refractivity contribution in [2.24, 2.45) is 0 Å². The highest BCUT2D eigenvalue weighted by molar-refractivity contribution is 8.00. The fourth-order valence-corrected chi connectivity index (χ4v) is 2.87. The van der Waals surface area contributed by atoms with Gasteiger partial charge in [-0.05, 0) is 6.07 Å². The Morgan fingerprint density at radius 1 is 1.40 bits per heavy atom. The van der Waals surface area contributed by atoms with E-state index in [9.17, 15) is 9.50 Å². The topological polar surface area (TPSA) is 66.2 Å². The molecule has 1 saturated heterocycles. The van der Waals surface area contributed by atoms with Crippen LogP contribution in [-0.2, 0) is 0 Å². The summed E-state index contributed by atoms with van der Waals surface area (Å²) in [5.74, 6) is 0.366. The molecule has 0 bridgehead atoms. The van der Waals surface area contributed by atoms with Gasteiger partial charge in [0.1, 0.15) is 18.1 Å². The van der Waals surface area contributed by atoms with Gasteiger partial charge in [0.2, 0.25) is 0 Å². The number of thioether (sulfide) groups is 1. The lowest BCUT2D eigenvalue weighted by Gasteiger charge is -2.11. The minimum atomic E-state index is -1.42. The van der Waals surface area contributed by atoms with Crippen molar-refractivity contribution in [1.29, 1.82) is 0 Å². The molecule has 0 aromatic carbocycles. The van der Waals surface area contributed by atoms with Crippen molar-refractivity contribution in [3.05, 3.63) is 24.3 Å². The number of aliphatic hydroxyl groups is 2. The van der Waals surface area contributed by atoms with Gasteiger partial charge in [-0.15, -0.1) is 11.8 Å². The molecule has 0 saturated carbocycles. The maximum atomic E-state index is 13.6. The quantitative estimate of drug-likeness (QED) is 0.766. The van der Waals surface area contributed by atoms with Gasteiger partial charge < -0.3 is 10.2 Å². The second-order valence-corrected chi connectivity index (χ2v) is 4.71. The number of hydrogen-bond donors (Lipinski definition) is 2. The molecule has 15 heavy (non-hydrogen) atoms. The van der Waals surface area contributed by atoms with Crippen LogP contribution >= 0.6 is 11.8 Å². The summed E-state index contributed by atoms with van der Waals surface area (Å²) in [6, 6.07) is 1.65. The number of halogens is 1. The minimum absolute atomic E-state index is 0.240. The van der Waals surface area contributed by atoms with Crippen LogP contribution in [-0.4, -0.2) is 44.3 Å². The Hall–Kier alpha value is -0.720. The first-order valence-electron chi connectivity index (χ1n) is 4.59. The number of hydrogen-bond acceptors (Lipinski definition) is 5. The van der Waals surface area contributed by atoms with Crippen LogP contribution < -0.4 is 0 Å². The summed E-state index contributed by atoms with van der Waals surface area (Å²) in [7, 11) is 0. The summed E-state index contributed by atoms with van der Waals surface area (Å²) >= 11 is 1.18. The summed E-state index contributed by atoms with van der Waals surface area (Å²) in [6.45, 7) is -0.240. The van der Waals surface area contributed by atoms with Gasteiger partial charge in [-0.3, -0.25) is 0 Å². The van der Waals surface area contributed by atoms with Crippen LogP contribution in [0.2, 0.25) is 0 Å². The summed E-state index contributed by atoms with van der Waals surface area (Å²) in [5, 5.41) is 17.3. The first-order valence-corrected chi connectivity index (χ1v) is 5.53. The van der Waals surface area contributed by atoms with E-state index in [1.807, 2.05) is 0 Å². The van der Waals surface area contributed by atoms with E-state index in [0.29, 0.717) is 5.82 Å². The van der Waals surface area contributed by atoms with Crippen molar-refractivity contribution in [2.45, 2.75) is 22.8 Å². The molecule has 1 aromatic heterocycles. The zero-order valence-electron chi connectivity index (χ0n) is 7.82. The fourth-order valence-electron chi connectivity index (χ4n) is 1.54. The number of rotatable bonds is 2. The first kappa shape index (κ1) is 10.8. The Labute approximate surface area is 90.6 Å². The van der Waals surface area contributed by atoms with Gasteiger partial charge >= 0.3 is 0 Å². The molecule has 1 aromatic rings. The zero-order chi connectivity index (χ0) is 10.8. The Morgan fingerprint density at radius 2 is 2.07 bits per heavy atom. The van der Waals surface area contributed by atoms with E-state index in [1.165, 1.54) is 24.2 Å². The molecule has 82 valence electrons. The van der Waals surface area contributed by atoms with Crippen LogP contribution in [0.3, 0.4) is 0 Å². The molecule has 2 rings (SSSR count). The minimum Gasteiger partial charge on any atom is -0.395 e. The Morgan fingerprint density at radius 3 is 2.60 bits per heavy atom. The molecule has 0 unspecified atom stereocenters. The molecule has 1 fully saturated rings. The predicted octanol–water partition coefficient (Wildman–Crippen LogP) is 0.324. The van der Waals surface area contributed by atoms with Gasteiger partial charge in [-0.25, -0.2) is 14.4 Å². The third kappa shape index (κ3) is 1.97. The van der Waals surface area contributed by atoms with Gasteiger partial charge in [0, 0.05) is 12.4 Å². The van der Waals surface area contributed by atoms with Crippen LogP contribution in [0.1, 0.15) is 11.1 Å². The van der Waals surface area contributed by atoms with Crippen molar-refractivity contribution in [2.75, 3.05) is 6.61 Å². The highest BCUT2D eigenvalue weighted by atomic mass is 32.2. The first-order chi connectivity index (χ1) is 7.24. The Bertz CT molecular complexity index is 327. The highest BCUT2D eigenvalue weighted by Crippen LogP contribution is 2.45. The molecule has 0 spiro atoms. The smallest absolute Gasteiger partial charge is 0.146 e. The van der Waals surface area contributed by atoms with E-state index in [2.05, 4.69) is 9.97 Å². The van der Waals surface area contributed by atoms with E-state index in [1.54, 1.807) is 6.07 Å². The molecular formula is C9H11FN2O2S. The van der Waals surface area contributed by atoms with Crippen LogP contribution in [0, 0.1) is 0 Å². The third-order valence-electron chi connectivity index (χ3n) is 2.34. The van der Waals surface area contributed by atoms with E-state index in [4.69, 9.17) is 5.11 Å². The lowest BCUT2D eigenvalue weighted by atomic mass is 10.1. The van der Waals surface area contributed by atoms with Crippen LogP contribution in [0.15, 0.2) is 18.5 Å². The Balaban J connectivity index is 2.19. The number of nitrogens with zero attached hydrogens (tertiary/aromatic N) is 2. The number of aromatic nitrogens is 2. The highest BCUT2D eigenvalue weighted by Gasteiger charge is 2.45.